The van der Waals surface area contributed by atoms with E-state index in [2.05, 4.69) is 27.4 Å². The van der Waals surface area contributed by atoms with Crippen molar-refractivity contribution >= 4 is 11.6 Å². The van der Waals surface area contributed by atoms with Gasteiger partial charge in [-0.3, -0.25) is 0 Å². The molecule has 0 amide bonds. The maximum Gasteiger partial charge on any atom is 0.0165 e. The maximum atomic E-state index is 5.68. The van der Waals surface area contributed by atoms with Crippen LogP contribution in [0.25, 0.3) is 0 Å². The normalized spacial score (nSPS) is 11.5. The van der Waals surface area contributed by atoms with Crippen molar-refractivity contribution in [1.82, 2.24) is 0 Å². The molecular formula is C7H13Cl. The Hall–Kier alpha value is 0.0300. The summed E-state index contributed by atoms with van der Waals surface area (Å²) in [5.41, 5.74) is 0.113. The average molecular weight is 133 g/mol. The van der Waals surface area contributed by atoms with E-state index in [0.29, 0.717) is 0 Å². The number of allylic oxidation sites excluding steroid dienone is 1. The van der Waals surface area contributed by atoms with Crippen molar-refractivity contribution in [1.29, 1.82) is 0 Å². The van der Waals surface area contributed by atoms with Crippen LogP contribution in [0.2, 0.25) is 0 Å². The molecule has 48 valence electrons. The fourth-order valence-corrected chi connectivity index (χ4v) is 0.325. The van der Waals surface area contributed by atoms with Crippen molar-refractivity contribution in [3.8, 4) is 0 Å². The maximum absolute atomic E-state index is 5.68. The van der Waals surface area contributed by atoms with Gasteiger partial charge >= 0.3 is 0 Å². The van der Waals surface area contributed by atoms with Crippen LogP contribution in [-0.2, 0) is 0 Å². The second-order valence-corrected chi connectivity index (χ2v) is 3.10. The lowest BCUT2D eigenvalue weighted by molar-refractivity contribution is 0.452. The summed E-state index contributed by atoms with van der Waals surface area (Å²) >= 11 is 5.68. The smallest absolute Gasteiger partial charge is 0.0165 e. The van der Waals surface area contributed by atoms with Crippen molar-refractivity contribution in [3.63, 3.8) is 0 Å². The highest BCUT2D eigenvalue weighted by atomic mass is 35.5. The first-order chi connectivity index (χ1) is 3.50. The second-order valence-electron chi connectivity index (χ2n) is 2.64. The average Bonchev–Trinajstić information content (AvgIpc) is 1.67. The van der Waals surface area contributed by atoms with E-state index in [0.717, 1.165) is 11.5 Å². The summed E-state index contributed by atoms with van der Waals surface area (Å²) in [7, 11) is 0. The molecule has 0 atom stereocenters. The van der Waals surface area contributed by atoms with Crippen molar-refractivity contribution in [3.05, 3.63) is 11.6 Å². The standard InChI is InChI=1S/C7H13Cl/c1-5-7(3,4)6(2)8/h2,5H2,1,3-4H3. The molecule has 0 saturated heterocycles. The summed E-state index contributed by atoms with van der Waals surface area (Å²) in [5.74, 6) is 0. The largest absolute Gasteiger partial charge is 0.0892 e. The summed E-state index contributed by atoms with van der Waals surface area (Å²) in [6.45, 7) is 9.94. The van der Waals surface area contributed by atoms with Crippen molar-refractivity contribution in [2.75, 3.05) is 0 Å². The van der Waals surface area contributed by atoms with Gasteiger partial charge in [-0.15, -0.1) is 0 Å². The highest BCUT2D eigenvalue weighted by Gasteiger charge is 2.16. The minimum atomic E-state index is 0.113. The molecule has 0 spiro atoms. The van der Waals surface area contributed by atoms with Gasteiger partial charge in [0.2, 0.25) is 0 Å². The van der Waals surface area contributed by atoms with E-state index in [1.165, 1.54) is 0 Å². The SMILES string of the molecule is C=C(Cl)C(C)(C)CC. The van der Waals surface area contributed by atoms with Crippen LogP contribution in [0.3, 0.4) is 0 Å². The van der Waals surface area contributed by atoms with Crippen LogP contribution in [-0.4, -0.2) is 0 Å². The molecule has 8 heavy (non-hydrogen) atoms. The summed E-state index contributed by atoms with van der Waals surface area (Å²) in [6, 6.07) is 0. The highest BCUT2D eigenvalue weighted by molar-refractivity contribution is 6.29. The lowest BCUT2D eigenvalue weighted by Crippen LogP contribution is -2.07. The highest BCUT2D eigenvalue weighted by Crippen LogP contribution is 2.30. The lowest BCUT2D eigenvalue weighted by Gasteiger charge is -2.19. The fourth-order valence-electron chi connectivity index (χ4n) is 0.192. The summed E-state index contributed by atoms with van der Waals surface area (Å²) in [4.78, 5) is 0. The quantitative estimate of drug-likeness (QED) is 0.542. The molecule has 0 heterocycles. The third-order valence-corrected chi connectivity index (χ3v) is 2.13. The van der Waals surface area contributed by atoms with Gasteiger partial charge < -0.3 is 0 Å². The molecule has 0 N–H and O–H groups in total. The molecule has 0 nitrogen and oxygen atoms in total. The molecule has 0 fully saturated rings. The van der Waals surface area contributed by atoms with Gasteiger partial charge in [-0.1, -0.05) is 39.0 Å². The molecule has 0 saturated carbocycles. The molecule has 0 radical (unpaired) electrons. The predicted octanol–water partition coefficient (Wildman–Crippen LogP) is 3.18. The Morgan fingerprint density at radius 2 is 2.00 bits per heavy atom. The van der Waals surface area contributed by atoms with E-state index >= 15 is 0 Å². The van der Waals surface area contributed by atoms with Gasteiger partial charge in [0.15, 0.2) is 0 Å². The van der Waals surface area contributed by atoms with Gasteiger partial charge in [-0.2, -0.15) is 0 Å². The van der Waals surface area contributed by atoms with E-state index in [1.54, 1.807) is 0 Å². The van der Waals surface area contributed by atoms with Crippen LogP contribution >= 0.6 is 11.6 Å². The molecule has 0 aromatic carbocycles. The number of rotatable bonds is 2. The molecule has 0 aliphatic carbocycles. The number of hydrogen-bond acceptors (Lipinski definition) is 0. The Labute approximate surface area is 56.5 Å². The Morgan fingerprint density at radius 3 is 2.00 bits per heavy atom. The topological polar surface area (TPSA) is 0 Å². The molecule has 0 unspecified atom stereocenters. The third-order valence-electron chi connectivity index (χ3n) is 1.62. The number of hydrogen-bond donors (Lipinski definition) is 0. The molecule has 0 rings (SSSR count). The Bertz CT molecular complexity index is 92.6. The molecule has 0 aromatic rings. The Morgan fingerprint density at radius 1 is 1.62 bits per heavy atom. The summed E-state index contributed by atoms with van der Waals surface area (Å²) in [6.07, 6.45) is 1.05. The monoisotopic (exact) mass is 132 g/mol. The van der Waals surface area contributed by atoms with Crippen molar-refractivity contribution in [2.24, 2.45) is 5.41 Å². The van der Waals surface area contributed by atoms with E-state index in [9.17, 15) is 0 Å². The molecule has 0 aliphatic heterocycles. The Balaban J connectivity index is 3.91. The lowest BCUT2D eigenvalue weighted by atomic mass is 9.90. The first-order valence-electron chi connectivity index (χ1n) is 2.85. The van der Waals surface area contributed by atoms with Crippen LogP contribution in [0.5, 0.6) is 0 Å². The molecular weight excluding hydrogens is 120 g/mol. The van der Waals surface area contributed by atoms with Crippen LogP contribution in [0.15, 0.2) is 11.6 Å². The van der Waals surface area contributed by atoms with Gasteiger partial charge in [0, 0.05) is 5.03 Å². The molecule has 0 aliphatic rings. The fraction of sp³-hybridized carbons (Fsp3) is 0.714. The van der Waals surface area contributed by atoms with E-state index < -0.39 is 0 Å². The van der Waals surface area contributed by atoms with Gasteiger partial charge in [-0.25, -0.2) is 0 Å². The molecule has 1 heteroatoms. The van der Waals surface area contributed by atoms with E-state index in [-0.39, 0.29) is 5.41 Å². The first-order valence-corrected chi connectivity index (χ1v) is 3.23. The van der Waals surface area contributed by atoms with Crippen LogP contribution in [0.4, 0.5) is 0 Å². The van der Waals surface area contributed by atoms with E-state index in [1.807, 2.05) is 0 Å². The zero-order chi connectivity index (χ0) is 6.78. The summed E-state index contributed by atoms with van der Waals surface area (Å²) < 4.78 is 0. The van der Waals surface area contributed by atoms with Crippen LogP contribution in [0.1, 0.15) is 27.2 Å². The van der Waals surface area contributed by atoms with Crippen molar-refractivity contribution < 1.29 is 0 Å². The minimum Gasteiger partial charge on any atom is -0.0892 e. The van der Waals surface area contributed by atoms with Crippen LogP contribution < -0.4 is 0 Å². The predicted molar refractivity (Wildman–Crippen MR) is 39.1 cm³/mol. The van der Waals surface area contributed by atoms with Gasteiger partial charge in [-0.05, 0) is 11.8 Å². The van der Waals surface area contributed by atoms with E-state index in [4.69, 9.17) is 11.6 Å². The Kier molecular flexibility index (Phi) is 2.55. The zero-order valence-corrected chi connectivity index (χ0v) is 6.55. The van der Waals surface area contributed by atoms with Crippen LogP contribution in [0, 0.1) is 5.41 Å². The molecule has 0 bridgehead atoms. The second kappa shape index (κ2) is 2.54. The minimum absolute atomic E-state index is 0.113. The first kappa shape index (κ1) is 8.03. The zero-order valence-electron chi connectivity index (χ0n) is 5.79. The molecule has 0 aromatic heterocycles. The third kappa shape index (κ3) is 1.87. The number of halogens is 1. The van der Waals surface area contributed by atoms with Gasteiger partial charge in [0.05, 0.1) is 0 Å². The van der Waals surface area contributed by atoms with Gasteiger partial charge in [0.25, 0.3) is 0 Å². The van der Waals surface area contributed by atoms with Crippen molar-refractivity contribution in [2.45, 2.75) is 27.2 Å². The van der Waals surface area contributed by atoms with Gasteiger partial charge in [0.1, 0.15) is 0 Å². The summed E-state index contributed by atoms with van der Waals surface area (Å²) in [5, 5.41) is 0.750.